The molecule has 0 aromatic heterocycles. The number of nitrogens with zero attached hydrogens (tertiary/aromatic N) is 1. The maximum atomic E-state index is 13.0. The molecule has 0 bridgehead atoms. The molecule has 2 fully saturated rings. The Labute approximate surface area is 100 Å². The molecule has 2 nitrogen and oxygen atoms in total. The van der Waals surface area contributed by atoms with Crippen LogP contribution < -0.4 is 0 Å². The van der Waals surface area contributed by atoms with Crippen molar-refractivity contribution in [3.63, 3.8) is 0 Å². The van der Waals surface area contributed by atoms with Gasteiger partial charge in [-0.15, -0.1) is 0 Å². The number of nitriles is 1. The molecule has 1 saturated heterocycles. The summed E-state index contributed by atoms with van der Waals surface area (Å²) in [6, 6.07) is 9.04. The molecule has 88 valence electrons. The van der Waals surface area contributed by atoms with Crippen LogP contribution in [0.3, 0.4) is 0 Å². The second-order valence-electron chi connectivity index (χ2n) is 5.13. The lowest BCUT2D eigenvalue weighted by molar-refractivity contribution is -0.134. The molecule has 1 aromatic carbocycles. The van der Waals surface area contributed by atoms with Gasteiger partial charge in [0.15, 0.2) is 0 Å². The molecule has 0 radical (unpaired) electrons. The Balaban J connectivity index is 2.03. The fourth-order valence-corrected chi connectivity index (χ4v) is 3.02. The summed E-state index contributed by atoms with van der Waals surface area (Å²) in [6.45, 7) is 1.18. The standard InChI is InChI=1S/C14H14FNO/c15-12-4-2-11(3-5-12)14(9-17-10-14)13(8-16)6-1-7-13/h2-5H,1,6-7,9-10H2. The van der Waals surface area contributed by atoms with E-state index in [1.54, 1.807) is 12.1 Å². The quantitative estimate of drug-likeness (QED) is 0.784. The highest BCUT2D eigenvalue weighted by molar-refractivity contribution is 5.36. The first-order chi connectivity index (χ1) is 8.22. The number of benzene rings is 1. The summed E-state index contributed by atoms with van der Waals surface area (Å²) in [4.78, 5) is 0. The van der Waals surface area contributed by atoms with Crippen LogP contribution in [0, 0.1) is 22.6 Å². The highest BCUT2D eigenvalue weighted by Gasteiger charge is 2.60. The van der Waals surface area contributed by atoms with Crippen molar-refractivity contribution in [2.45, 2.75) is 24.7 Å². The van der Waals surface area contributed by atoms with Gasteiger partial charge in [-0.3, -0.25) is 0 Å². The van der Waals surface area contributed by atoms with Crippen molar-refractivity contribution in [3.05, 3.63) is 35.6 Å². The molecule has 3 heteroatoms. The van der Waals surface area contributed by atoms with E-state index in [1.807, 2.05) is 0 Å². The van der Waals surface area contributed by atoms with Crippen LogP contribution in [0.1, 0.15) is 24.8 Å². The largest absolute Gasteiger partial charge is 0.379 e. The van der Waals surface area contributed by atoms with Crippen molar-refractivity contribution in [1.82, 2.24) is 0 Å². The minimum Gasteiger partial charge on any atom is -0.379 e. The summed E-state index contributed by atoms with van der Waals surface area (Å²) < 4.78 is 18.3. The first-order valence-electron chi connectivity index (χ1n) is 5.98. The Morgan fingerprint density at radius 1 is 1.18 bits per heavy atom. The molecule has 0 amide bonds. The number of hydrogen-bond donors (Lipinski definition) is 0. The van der Waals surface area contributed by atoms with Crippen LogP contribution in [0.15, 0.2) is 24.3 Å². The Bertz CT molecular complexity index is 466. The van der Waals surface area contributed by atoms with Gasteiger partial charge >= 0.3 is 0 Å². The predicted molar refractivity (Wildman–Crippen MR) is 60.8 cm³/mol. The summed E-state index contributed by atoms with van der Waals surface area (Å²) in [6.07, 6.45) is 2.98. The maximum Gasteiger partial charge on any atom is 0.123 e. The average Bonchev–Trinajstić information content (AvgIpc) is 2.22. The second-order valence-corrected chi connectivity index (χ2v) is 5.13. The van der Waals surface area contributed by atoms with E-state index in [-0.39, 0.29) is 16.6 Å². The smallest absolute Gasteiger partial charge is 0.123 e. The Morgan fingerprint density at radius 3 is 2.18 bits per heavy atom. The summed E-state index contributed by atoms with van der Waals surface area (Å²) in [5.41, 5.74) is 0.558. The topological polar surface area (TPSA) is 33.0 Å². The van der Waals surface area contributed by atoms with Crippen molar-refractivity contribution in [2.75, 3.05) is 13.2 Å². The molecule has 1 aliphatic carbocycles. The minimum atomic E-state index is -0.289. The zero-order chi connectivity index (χ0) is 11.9. The van der Waals surface area contributed by atoms with Crippen LogP contribution in [-0.2, 0) is 10.2 Å². The van der Waals surface area contributed by atoms with Gasteiger partial charge in [0.05, 0.1) is 30.1 Å². The molecule has 0 unspecified atom stereocenters. The third-order valence-electron chi connectivity index (χ3n) is 4.43. The lowest BCUT2D eigenvalue weighted by atomic mass is 9.50. The Hall–Kier alpha value is -1.40. The molecule has 1 aromatic rings. The number of rotatable bonds is 2. The summed E-state index contributed by atoms with van der Waals surface area (Å²) in [7, 11) is 0. The van der Waals surface area contributed by atoms with Gasteiger partial charge in [0.2, 0.25) is 0 Å². The minimum absolute atomic E-state index is 0.201. The van der Waals surface area contributed by atoms with Gasteiger partial charge < -0.3 is 4.74 Å². The van der Waals surface area contributed by atoms with Gasteiger partial charge in [0, 0.05) is 0 Å². The molecule has 1 heterocycles. The van der Waals surface area contributed by atoms with Crippen molar-refractivity contribution in [1.29, 1.82) is 5.26 Å². The number of hydrogen-bond acceptors (Lipinski definition) is 2. The van der Waals surface area contributed by atoms with Gasteiger partial charge in [0.1, 0.15) is 5.82 Å². The van der Waals surface area contributed by atoms with Crippen LogP contribution in [0.25, 0.3) is 0 Å². The van der Waals surface area contributed by atoms with E-state index in [2.05, 4.69) is 6.07 Å². The third kappa shape index (κ3) is 1.28. The average molecular weight is 231 g/mol. The zero-order valence-corrected chi connectivity index (χ0v) is 9.58. The molecule has 0 N–H and O–H groups in total. The predicted octanol–water partition coefficient (Wildman–Crippen LogP) is 2.79. The summed E-state index contributed by atoms with van der Waals surface area (Å²) in [5, 5.41) is 9.47. The molecule has 0 atom stereocenters. The van der Waals surface area contributed by atoms with Crippen molar-refractivity contribution in [3.8, 4) is 6.07 Å². The number of ether oxygens (including phenoxy) is 1. The van der Waals surface area contributed by atoms with Gasteiger partial charge in [-0.25, -0.2) is 4.39 Å². The summed E-state index contributed by atoms with van der Waals surface area (Å²) in [5.74, 6) is -0.233. The van der Waals surface area contributed by atoms with Crippen LogP contribution in [0.5, 0.6) is 0 Å². The van der Waals surface area contributed by atoms with E-state index in [0.717, 1.165) is 24.8 Å². The van der Waals surface area contributed by atoms with Crippen molar-refractivity contribution < 1.29 is 9.13 Å². The van der Waals surface area contributed by atoms with Gasteiger partial charge in [-0.1, -0.05) is 18.6 Å². The normalized spacial score (nSPS) is 24.2. The van der Waals surface area contributed by atoms with E-state index >= 15 is 0 Å². The van der Waals surface area contributed by atoms with Gasteiger partial charge in [0.25, 0.3) is 0 Å². The lowest BCUT2D eigenvalue weighted by Gasteiger charge is -2.56. The van der Waals surface area contributed by atoms with Crippen LogP contribution >= 0.6 is 0 Å². The summed E-state index contributed by atoms with van der Waals surface area (Å²) >= 11 is 0. The second kappa shape index (κ2) is 3.54. The first kappa shape index (κ1) is 10.7. The molecule has 1 aliphatic heterocycles. The molecule has 1 saturated carbocycles. The van der Waals surface area contributed by atoms with Gasteiger partial charge in [-0.05, 0) is 30.5 Å². The SMILES string of the molecule is N#CC1(C2(c3ccc(F)cc3)COC2)CCC1. The molecule has 2 aliphatic rings. The molecule has 0 spiro atoms. The van der Waals surface area contributed by atoms with Gasteiger partial charge in [-0.2, -0.15) is 5.26 Å². The zero-order valence-electron chi connectivity index (χ0n) is 9.58. The first-order valence-corrected chi connectivity index (χ1v) is 5.98. The molecular weight excluding hydrogens is 217 g/mol. The van der Waals surface area contributed by atoms with E-state index in [1.165, 1.54) is 12.1 Å². The Morgan fingerprint density at radius 2 is 1.82 bits per heavy atom. The third-order valence-corrected chi connectivity index (χ3v) is 4.43. The fourth-order valence-electron chi connectivity index (χ4n) is 3.02. The van der Waals surface area contributed by atoms with Crippen LogP contribution in [-0.4, -0.2) is 13.2 Å². The highest BCUT2D eigenvalue weighted by Crippen LogP contribution is 2.57. The van der Waals surface area contributed by atoms with E-state index in [9.17, 15) is 9.65 Å². The van der Waals surface area contributed by atoms with E-state index < -0.39 is 0 Å². The number of halogens is 1. The maximum absolute atomic E-state index is 13.0. The van der Waals surface area contributed by atoms with Crippen molar-refractivity contribution >= 4 is 0 Å². The molecular formula is C14H14FNO. The molecule has 17 heavy (non-hydrogen) atoms. The molecule has 3 rings (SSSR count). The highest BCUT2D eigenvalue weighted by atomic mass is 19.1. The van der Waals surface area contributed by atoms with E-state index in [0.29, 0.717) is 13.2 Å². The fraction of sp³-hybridized carbons (Fsp3) is 0.500. The lowest BCUT2D eigenvalue weighted by Crippen LogP contribution is -2.61. The van der Waals surface area contributed by atoms with Crippen LogP contribution in [0.2, 0.25) is 0 Å². The van der Waals surface area contributed by atoms with Crippen molar-refractivity contribution in [2.24, 2.45) is 5.41 Å². The monoisotopic (exact) mass is 231 g/mol. The van der Waals surface area contributed by atoms with E-state index in [4.69, 9.17) is 4.74 Å². The Kier molecular flexibility index (Phi) is 2.24. The van der Waals surface area contributed by atoms with Crippen LogP contribution in [0.4, 0.5) is 4.39 Å².